The lowest BCUT2D eigenvalue weighted by molar-refractivity contribution is 1.16. The molecule has 3 aromatic heterocycles. The van der Waals surface area contributed by atoms with Crippen molar-refractivity contribution in [2.45, 2.75) is 0 Å². The van der Waals surface area contributed by atoms with Gasteiger partial charge in [0.05, 0.1) is 10.4 Å². The number of hydrogen-bond donors (Lipinski definition) is 0. The Hall–Kier alpha value is -2.58. The minimum atomic E-state index is 0.482. The minimum Gasteiger partial charge on any atom is -0.264 e. The fourth-order valence-corrected chi connectivity index (χ4v) is 2.43. The second-order valence-electron chi connectivity index (χ2n) is 3.79. The van der Waals surface area contributed by atoms with E-state index in [4.69, 9.17) is 5.26 Å². The van der Waals surface area contributed by atoms with Crippen molar-refractivity contribution in [2.24, 2.45) is 0 Å². The van der Waals surface area contributed by atoms with Crippen LogP contribution in [-0.2, 0) is 0 Å². The zero-order chi connectivity index (χ0) is 13.1. The first-order chi connectivity index (χ1) is 9.38. The minimum absolute atomic E-state index is 0.482. The molecule has 4 nitrogen and oxygen atoms in total. The molecule has 0 aromatic carbocycles. The smallest absolute Gasteiger partial charge is 0.161 e. The van der Waals surface area contributed by atoms with Crippen LogP contribution in [0.1, 0.15) is 5.56 Å². The summed E-state index contributed by atoms with van der Waals surface area (Å²) < 4.78 is 0. The lowest BCUT2D eigenvalue weighted by atomic mass is 10.2. The highest BCUT2D eigenvalue weighted by atomic mass is 32.1. The molecule has 0 saturated carbocycles. The SMILES string of the molecule is N#Cc1cnc(-c2cccnc2)nc1-c1cccs1. The van der Waals surface area contributed by atoms with E-state index in [2.05, 4.69) is 21.0 Å². The Bertz CT molecular complexity index is 730. The second-order valence-corrected chi connectivity index (χ2v) is 4.73. The van der Waals surface area contributed by atoms with Gasteiger partial charge in [0.2, 0.25) is 0 Å². The van der Waals surface area contributed by atoms with E-state index in [1.54, 1.807) is 29.9 Å². The van der Waals surface area contributed by atoms with Gasteiger partial charge in [0.1, 0.15) is 11.8 Å². The van der Waals surface area contributed by atoms with E-state index in [0.29, 0.717) is 17.1 Å². The Morgan fingerprint density at radius 1 is 1.16 bits per heavy atom. The summed E-state index contributed by atoms with van der Waals surface area (Å²) in [5.74, 6) is 0.579. The Morgan fingerprint density at radius 2 is 2.11 bits per heavy atom. The molecule has 5 heteroatoms. The summed E-state index contributed by atoms with van der Waals surface area (Å²) >= 11 is 1.55. The predicted octanol–water partition coefficient (Wildman–Crippen LogP) is 3.14. The molecule has 0 saturated heterocycles. The van der Waals surface area contributed by atoms with Gasteiger partial charge in [0, 0.05) is 24.2 Å². The summed E-state index contributed by atoms with van der Waals surface area (Å²) in [7, 11) is 0. The maximum atomic E-state index is 9.14. The van der Waals surface area contributed by atoms with E-state index in [-0.39, 0.29) is 0 Å². The molecule has 0 unspecified atom stereocenters. The number of hydrogen-bond acceptors (Lipinski definition) is 5. The molecular formula is C14H8N4S. The van der Waals surface area contributed by atoms with E-state index in [9.17, 15) is 0 Å². The number of rotatable bonds is 2. The average molecular weight is 264 g/mol. The Morgan fingerprint density at radius 3 is 2.79 bits per heavy atom. The van der Waals surface area contributed by atoms with Crippen LogP contribution in [0.25, 0.3) is 22.0 Å². The van der Waals surface area contributed by atoms with Gasteiger partial charge in [-0.2, -0.15) is 5.26 Å². The Labute approximate surface area is 114 Å². The number of nitrogens with zero attached hydrogens (tertiary/aromatic N) is 4. The standard InChI is InChI=1S/C14H8N4S/c15-7-11-9-17-14(10-3-1-5-16-8-10)18-13(11)12-4-2-6-19-12/h1-6,8-9H. The van der Waals surface area contributed by atoms with Crippen molar-refractivity contribution in [1.29, 1.82) is 5.26 Å². The van der Waals surface area contributed by atoms with Crippen molar-refractivity contribution < 1.29 is 0 Å². The largest absolute Gasteiger partial charge is 0.264 e. The Kier molecular flexibility index (Phi) is 3.01. The van der Waals surface area contributed by atoms with E-state index >= 15 is 0 Å². The molecule has 0 bridgehead atoms. The van der Waals surface area contributed by atoms with Gasteiger partial charge in [-0.15, -0.1) is 11.3 Å². The molecule has 3 heterocycles. The summed E-state index contributed by atoms with van der Waals surface area (Å²) in [6, 6.07) is 9.74. The molecule has 0 aliphatic heterocycles. The molecule has 3 rings (SSSR count). The van der Waals surface area contributed by atoms with Crippen molar-refractivity contribution in [3.05, 3.63) is 53.8 Å². The highest BCUT2D eigenvalue weighted by Gasteiger charge is 2.11. The van der Waals surface area contributed by atoms with Gasteiger partial charge in [-0.1, -0.05) is 6.07 Å². The van der Waals surface area contributed by atoms with Gasteiger partial charge in [-0.05, 0) is 23.6 Å². The molecule has 90 valence electrons. The molecule has 0 radical (unpaired) electrons. The van der Waals surface area contributed by atoms with Crippen LogP contribution in [0.5, 0.6) is 0 Å². The molecular weight excluding hydrogens is 256 g/mol. The molecule has 3 aromatic rings. The summed E-state index contributed by atoms with van der Waals surface area (Å²) in [6.45, 7) is 0. The van der Waals surface area contributed by atoms with Crippen LogP contribution in [0.15, 0.2) is 48.2 Å². The number of nitriles is 1. The van der Waals surface area contributed by atoms with Gasteiger partial charge in [-0.3, -0.25) is 4.98 Å². The molecule has 19 heavy (non-hydrogen) atoms. The van der Waals surface area contributed by atoms with E-state index in [1.807, 2.05) is 29.6 Å². The van der Waals surface area contributed by atoms with Crippen molar-refractivity contribution in [3.8, 4) is 28.0 Å². The number of aromatic nitrogens is 3. The van der Waals surface area contributed by atoms with Crippen LogP contribution in [0.3, 0.4) is 0 Å². The first-order valence-electron chi connectivity index (χ1n) is 5.60. The lowest BCUT2D eigenvalue weighted by Crippen LogP contribution is -1.95. The van der Waals surface area contributed by atoms with Crippen molar-refractivity contribution in [1.82, 2.24) is 15.0 Å². The molecule has 0 spiro atoms. The molecule has 0 aliphatic carbocycles. The molecule has 0 N–H and O–H groups in total. The monoisotopic (exact) mass is 264 g/mol. The molecule has 0 aliphatic rings. The fourth-order valence-electron chi connectivity index (χ4n) is 1.70. The van der Waals surface area contributed by atoms with Crippen LogP contribution in [0.2, 0.25) is 0 Å². The van der Waals surface area contributed by atoms with Crippen LogP contribution in [0.4, 0.5) is 0 Å². The third-order valence-electron chi connectivity index (χ3n) is 2.58. The lowest BCUT2D eigenvalue weighted by Gasteiger charge is -2.03. The summed E-state index contributed by atoms with van der Waals surface area (Å²) in [5.41, 5.74) is 1.99. The second kappa shape index (κ2) is 4.96. The van der Waals surface area contributed by atoms with E-state index in [1.165, 1.54) is 0 Å². The quantitative estimate of drug-likeness (QED) is 0.713. The third-order valence-corrected chi connectivity index (χ3v) is 3.46. The fraction of sp³-hybridized carbons (Fsp3) is 0. The summed E-state index contributed by atoms with van der Waals surface area (Å²) in [6.07, 6.45) is 4.97. The van der Waals surface area contributed by atoms with Gasteiger partial charge in [-0.25, -0.2) is 9.97 Å². The van der Waals surface area contributed by atoms with Crippen LogP contribution in [-0.4, -0.2) is 15.0 Å². The third kappa shape index (κ3) is 2.21. The van der Waals surface area contributed by atoms with E-state index < -0.39 is 0 Å². The summed E-state index contributed by atoms with van der Waals surface area (Å²) in [5, 5.41) is 11.1. The van der Waals surface area contributed by atoms with Crippen molar-refractivity contribution >= 4 is 11.3 Å². The predicted molar refractivity (Wildman–Crippen MR) is 73.3 cm³/mol. The first-order valence-corrected chi connectivity index (χ1v) is 6.48. The zero-order valence-electron chi connectivity index (χ0n) is 9.82. The average Bonchev–Trinajstić information content (AvgIpc) is 3.01. The molecule has 0 fully saturated rings. The molecule has 0 amide bonds. The van der Waals surface area contributed by atoms with E-state index in [0.717, 1.165) is 10.4 Å². The Balaban J connectivity index is 2.16. The van der Waals surface area contributed by atoms with Gasteiger partial charge >= 0.3 is 0 Å². The van der Waals surface area contributed by atoms with Gasteiger partial charge < -0.3 is 0 Å². The highest BCUT2D eigenvalue weighted by Crippen LogP contribution is 2.27. The van der Waals surface area contributed by atoms with Gasteiger partial charge in [0.15, 0.2) is 5.82 Å². The summed E-state index contributed by atoms with van der Waals surface area (Å²) in [4.78, 5) is 13.7. The number of pyridine rings is 1. The first kappa shape index (κ1) is 11.5. The topological polar surface area (TPSA) is 62.5 Å². The highest BCUT2D eigenvalue weighted by molar-refractivity contribution is 7.13. The van der Waals surface area contributed by atoms with Crippen LogP contribution in [0, 0.1) is 11.3 Å². The normalized spacial score (nSPS) is 10.1. The number of thiophene rings is 1. The van der Waals surface area contributed by atoms with Crippen LogP contribution >= 0.6 is 11.3 Å². The van der Waals surface area contributed by atoms with Crippen molar-refractivity contribution in [3.63, 3.8) is 0 Å². The van der Waals surface area contributed by atoms with Crippen molar-refractivity contribution in [2.75, 3.05) is 0 Å². The van der Waals surface area contributed by atoms with Crippen LogP contribution < -0.4 is 0 Å². The van der Waals surface area contributed by atoms with Gasteiger partial charge in [0.25, 0.3) is 0 Å². The molecule has 0 atom stereocenters. The zero-order valence-corrected chi connectivity index (χ0v) is 10.6. The maximum absolute atomic E-state index is 9.14. The maximum Gasteiger partial charge on any atom is 0.161 e.